The van der Waals surface area contributed by atoms with Crippen LogP contribution in [0.1, 0.15) is 9.30 Å². The van der Waals surface area contributed by atoms with E-state index in [0.717, 1.165) is 26.3 Å². The molecule has 0 saturated heterocycles. The number of thiophene rings is 1. The van der Waals surface area contributed by atoms with Crippen molar-refractivity contribution >= 4 is 38.7 Å². The topological polar surface area (TPSA) is 24.2 Å². The van der Waals surface area contributed by atoms with Gasteiger partial charge >= 0.3 is 5.12 Å². The van der Waals surface area contributed by atoms with Crippen molar-refractivity contribution in [3.05, 3.63) is 82.4 Å². The van der Waals surface area contributed by atoms with E-state index >= 15 is 0 Å². The van der Waals surface area contributed by atoms with Crippen LogP contribution in [-0.2, 0) is 0 Å². The van der Waals surface area contributed by atoms with Crippen molar-refractivity contribution in [2.24, 2.45) is 0 Å². The highest BCUT2D eigenvalue weighted by Gasteiger charge is 2.27. The zero-order valence-corrected chi connectivity index (χ0v) is 17.5. The van der Waals surface area contributed by atoms with E-state index in [2.05, 4.69) is 71.4 Å². The third kappa shape index (κ3) is 3.76. The molecule has 5 heteroatoms. The average molecular weight is 410 g/mol. The Hall–Kier alpha value is -2.21. The van der Waals surface area contributed by atoms with Crippen molar-refractivity contribution in [3.63, 3.8) is 0 Å². The van der Waals surface area contributed by atoms with Crippen molar-refractivity contribution in [2.75, 3.05) is 13.4 Å². The summed E-state index contributed by atoms with van der Waals surface area (Å²) in [6, 6.07) is 23.2. The first kappa shape index (κ1) is 18.2. The van der Waals surface area contributed by atoms with E-state index in [1.807, 2.05) is 12.3 Å². The molecule has 4 aromatic rings. The van der Waals surface area contributed by atoms with Gasteiger partial charge in [-0.25, -0.2) is 4.42 Å². The fraction of sp³-hybridized carbons (Fsp3) is 0.0909. The van der Waals surface area contributed by atoms with E-state index in [-0.39, 0.29) is 10.5 Å². The number of aromatic nitrogens is 1. The largest absolute Gasteiger partial charge is 0.395 e. The van der Waals surface area contributed by atoms with Gasteiger partial charge in [-0.1, -0.05) is 48.5 Å². The summed E-state index contributed by atoms with van der Waals surface area (Å²) in [6.45, 7) is 0. The van der Waals surface area contributed by atoms with Gasteiger partial charge < -0.3 is 0 Å². The molecule has 0 saturated carbocycles. The maximum absolute atomic E-state index is 5.50. The zero-order valence-electron chi connectivity index (χ0n) is 15.1. The normalized spacial score (nSPS) is 12.4. The van der Waals surface area contributed by atoms with Gasteiger partial charge in [0.05, 0.1) is 5.56 Å². The van der Waals surface area contributed by atoms with Crippen LogP contribution in [0.3, 0.4) is 0 Å². The van der Waals surface area contributed by atoms with Gasteiger partial charge in [-0.15, -0.1) is 11.3 Å². The van der Waals surface area contributed by atoms with Crippen molar-refractivity contribution < 1.29 is 4.42 Å². The van der Waals surface area contributed by atoms with Gasteiger partial charge in [0.25, 0.3) is 12.1 Å². The minimum atomic E-state index is -0.176. The van der Waals surface area contributed by atoms with Crippen molar-refractivity contribution in [2.45, 2.75) is 0 Å². The highest BCUT2D eigenvalue weighted by atomic mass is 32.2. The molecule has 1 unspecified atom stereocenters. The highest BCUT2D eigenvalue weighted by Crippen LogP contribution is 2.44. The SMILES string of the molecule is C[O+]=C(SC)c1cc(-c2nc(-c3ccccc3)c[s+]2-c2ccccc2)cs1. The number of nitrogens with zero attached hydrogens (tertiary/aromatic N) is 1. The summed E-state index contributed by atoms with van der Waals surface area (Å²) in [5, 5.41) is 6.56. The Morgan fingerprint density at radius 2 is 1.70 bits per heavy atom. The van der Waals surface area contributed by atoms with E-state index in [0.29, 0.717) is 0 Å². The molecule has 2 aromatic heterocycles. The fourth-order valence-corrected chi connectivity index (χ4v) is 6.48. The lowest BCUT2D eigenvalue weighted by atomic mass is 10.2. The van der Waals surface area contributed by atoms with Gasteiger partial charge in [-0.3, -0.25) is 0 Å². The molecule has 0 amide bonds. The van der Waals surface area contributed by atoms with Gasteiger partial charge in [0.2, 0.25) is 0 Å². The predicted octanol–water partition coefficient (Wildman–Crippen LogP) is 6.88. The first-order valence-electron chi connectivity index (χ1n) is 8.48. The number of thioether (sulfide) groups is 1. The van der Waals surface area contributed by atoms with Crippen LogP contribution in [0.4, 0.5) is 0 Å². The number of hydrogen-bond donors (Lipinski definition) is 0. The van der Waals surface area contributed by atoms with Gasteiger partial charge in [-0.05, 0) is 36.2 Å². The lowest BCUT2D eigenvalue weighted by molar-refractivity contribution is -0.219. The lowest BCUT2D eigenvalue weighted by Crippen LogP contribution is -1.89. The molecule has 1 atom stereocenters. The molecule has 0 spiro atoms. The Morgan fingerprint density at radius 1 is 1.00 bits per heavy atom. The predicted molar refractivity (Wildman–Crippen MR) is 121 cm³/mol. The first-order chi connectivity index (χ1) is 13.3. The molecule has 2 nitrogen and oxygen atoms in total. The molecule has 0 aliphatic carbocycles. The van der Waals surface area contributed by atoms with E-state index in [1.54, 1.807) is 30.2 Å². The van der Waals surface area contributed by atoms with Crippen molar-refractivity contribution in [3.8, 4) is 26.7 Å². The molecular formula is C22H19NOS3+2. The summed E-state index contributed by atoms with van der Waals surface area (Å²) < 4.78 is 5.50. The van der Waals surface area contributed by atoms with Crippen LogP contribution in [0.15, 0.2) is 77.5 Å². The summed E-state index contributed by atoms with van der Waals surface area (Å²) in [5.41, 5.74) is 3.38. The molecule has 4 rings (SSSR count). The van der Waals surface area contributed by atoms with Crippen LogP contribution >= 0.6 is 33.6 Å². The molecule has 27 heavy (non-hydrogen) atoms. The van der Waals surface area contributed by atoms with E-state index in [9.17, 15) is 0 Å². The molecule has 0 aliphatic rings. The monoisotopic (exact) mass is 409 g/mol. The highest BCUT2D eigenvalue weighted by molar-refractivity contribution is 8.13. The summed E-state index contributed by atoms with van der Waals surface area (Å²) in [6.07, 6.45) is 2.04. The number of hydrogen-bond acceptors (Lipinski definition) is 3. The van der Waals surface area contributed by atoms with Crippen LogP contribution in [0.25, 0.3) is 26.7 Å². The van der Waals surface area contributed by atoms with Crippen LogP contribution in [0.5, 0.6) is 0 Å². The lowest BCUT2D eigenvalue weighted by Gasteiger charge is -1.91. The average Bonchev–Trinajstić information content (AvgIpc) is 3.38. The van der Waals surface area contributed by atoms with Crippen molar-refractivity contribution in [1.82, 2.24) is 4.98 Å². The quantitative estimate of drug-likeness (QED) is 0.343. The molecule has 2 heterocycles. The molecule has 0 radical (unpaired) electrons. The summed E-state index contributed by atoms with van der Waals surface area (Å²) in [4.78, 5) is 7.48. The number of benzene rings is 2. The third-order valence-electron chi connectivity index (χ3n) is 4.14. The minimum absolute atomic E-state index is 0.176. The van der Waals surface area contributed by atoms with Crippen LogP contribution in [0.2, 0.25) is 0 Å². The second-order valence-corrected chi connectivity index (χ2v) is 9.29. The maximum atomic E-state index is 5.50. The Bertz CT molecular complexity index is 1070. The van der Waals surface area contributed by atoms with Crippen LogP contribution < -0.4 is 0 Å². The Kier molecular flexibility index (Phi) is 5.53. The molecule has 0 bridgehead atoms. The zero-order chi connectivity index (χ0) is 18.6. The second kappa shape index (κ2) is 8.21. The molecule has 0 N–H and O–H groups in total. The molecular weight excluding hydrogens is 390 g/mol. The van der Waals surface area contributed by atoms with Crippen LogP contribution in [0, 0.1) is 0 Å². The standard InChI is InChI=1S/C22H19NOS3/c1-24-22(25-2)20-13-17(14-26-20)21-23-19(16-9-5-3-6-10-16)15-27(21)18-11-7-4-8-12-18/h3-15H,1-2H3/q+2. The van der Waals surface area contributed by atoms with E-state index in [4.69, 9.17) is 9.41 Å². The summed E-state index contributed by atoms with van der Waals surface area (Å²) >= 11 is 3.33. The molecule has 0 aliphatic heterocycles. The summed E-state index contributed by atoms with van der Waals surface area (Å²) in [5.74, 6) is 0. The Balaban J connectivity index is 1.85. The molecule has 0 fully saturated rings. The van der Waals surface area contributed by atoms with Gasteiger partial charge in [0, 0.05) is 21.4 Å². The number of thiazole rings is 1. The van der Waals surface area contributed by atoms with Gasteiger partial charge in [-0.2, -0.15) is 4.98 Å². The third-order valence-corrected chi connectivity index (χ3v) is 7.94. The minimum Gasteiger partial charge on any atom is -0.250 e. The van der Waals surface area contributed by atoms with Gasteiger partial charge in [0.1, 0.15) is 10.6 Å². The first-order valence-corrected chi connectivity index (χ1v) is 11.9. The second-order valence-electron chi connectivity index (χ2n) is 5.83. The van der Waals surface area contributed by atoms with E-state index < -0.39 is 0 Å². The maximum Gasteiger partial charge on any atom is 0.395 e. The van der Waals surface area contributed by atoms with Gasteiger partial charge in [0.15, 0.2) is 10.3 Å². The molecule has 134 valence electrons. The van der Waals surface area contributed by atoms with E-state index in [1.165, 1.54) is 10.5 Å². The number of carbonyl (C=O) groups excluding carboxylic acids is 1. The molecule has 2 aromatic carbocycles. The number of rotatable bonds is 4. The smallest absolute Gasteiger partial charge is 0.250 e. The fourth-order valence-electron chi connectivity index (χ4n) is 2.87. The Labute approximate surface area is 170 Å². The van der Waals surface area contributed by atoms with Crippen molar-refractivity contribution in [1.29, 1.82) is 0 Å². The summed E-state index contributed by atoms with van der Waals surface area (Å²) in [7, 11) is 1.55. The Morgan fingerprint density at radius 3 is 2.37 bits per heavy atom. The van der Waals surface area contributed by atoms with Crippen LogP contribution in [-0.4, -0.2) is 23.5 Å².